The van der Waals surface area contributed by atoms with Crippen LogP contribution in [-0.4, -0.2) is 31.6 Å². The van der Waals surface area contributed by atoms with Crippen LogP contribution in [0.3, 0.4) is 0 Å². The number of nitrogens with two attached hydrogens (primary N) is 1. The van der Waals surface area contributed by atoms with Crippen LogP contribution in [0, 0.1) is 23.7 Å². The zero-order valence-corrected chi connectivity index (χ0v) is 7.85. The van der Waals surface area contributed by atoms with Crippen LogP contribution in [0.4, 0.5) is 0 Å². The molecular weight excluding hydrogens is 148 g/mol. The second-order valence-corrected chi connectivity index (χ2v) is 2.44. The lowest BCUT2D eigenvalue weighted by Gasteiger charge is -2.06. The zero-order valence-electron chi connectivity index (χ0n) is 7.85. The van der Waals surface area contributed by atoms with Gasteiger partial charge in [0.05, 0.1) is 19.6 Å². The maximum atomic E-state index is 5.22. The molecule has 0 aromatic carbocycles. The molecule has 0 radical (unpaired) electrons. The molecule has 0 spiro atoms. The summed E-state index contributed by atoms with van der Waals surface area (Å²) in [5, 5.41) is 0. The van der Waals surface area contributed by atoms with Crippen molar-refractivity contribution in [2.45, 2.75) is 13.3 Å². The van der Waals surface area contributed by atoms with Gasteiger partial charge >= 0.3 is 0 Å². The van der Waals surface area contributed by atoms with Gasteiger partial charge in [0.25, 0.3) is 0 Å². The van der Waals surface area contributed by atoms with Crippen LogP contribution in [-0.2, 0) is 0 Å². The molecule has 0 atom stereocenters. The van der Waals surface area contributed by atoms with Crippen LogP contribution in [0.25, 0.3) is 0 Å². The Labute approximate surface area is 75.1 Å². The fourth-order valence-electron chi connectivity index (χ4n) is 0.635. The molecule has 0 fully saturated rings. The van der Waals surface area contributed by atoms with Gasteiger partial charge in [0.1, 0.15) is 0 Å². The van der Waals surface area contributed by atoms with Crippen molar-refractivity contribution in [3.63, 3.8) is 0 Å². The van der Waals surface area contributed by atoms with Crippen LogP contribution in [0.1, 0.15) is 13.3 Å². The average molecular weight is 164 g/mol. The Morgan fingerprint density at radius 1 is 1.08 bits per heavy atom. The molecule has 0 saturated heterocycles. The van der Waals surface area contributed by atoms with Crippen molar-refractivity contribution in [1.82, 2.24) is 4.90 Å². The van der Waals surface area contributed by atoms with E-state index in [4.69, 9.17) is 5.73 Å². The zero-order chi connectivity index (χ0) is 9.23. The van der Waals surface area contributed by atoms with Crippen molar-refractivity contribution >= 4 is 0 Å². The van der Waals surface area contributed by atoms with E-state index in [0.717, 1.165) is 19.5 Å². The van der Waals surface area contributed by atoms with E-state index in [-0.39, 0.29) is 0 Å². The lowest BCUT2D eigenvalue weighted by Crippen LogP contribution is -2.18. The normalized spacial score (nSPS) is 8.33. The Kier molecular flexibility index (Phi) is 7.49. The summed E-state index contributed by atoms with van der Waals surface area (Å²) in [4.78, 5) is 2.06. The monoisotopic (exact) mass is 164 g/mol. The lowest BCUT2D eigenvalue weighted by atomic mass is 10.4. The highest BCUT2D eigenvalue weighted by Gasteiger charge is 1.88. The highest BCUT2D eigenvalue weighted by Crippen LogP contribution is 1.78. The van der Waals surface area contributed by atoms with Gasteiger partial charge in [0.15, 0.2) is 0 Å². The van der Waals surface area contributed by atoms with Gasteiger partial charge in [-0.1, -0.05) is 24.7 Å². The molecule has 0 amide bonds. The maximum Gasteiger partial charge on any atom is 0.0607 e. The molecule has 66 valence electrons. The van der Waals surface area contributed by atoms with Crippen molar-refractivity contribution in [3.8, 4) is 23.7 Å². The summed E-state index contributed by atoms with van der Waals surface area (Å²) < 4.78 is 0. The summed E-state index contributed by atoms with van der Waals surface area (Å²) >= 11 is 0. The maximum absolute atomic E-state index is 5.22. The molecule has 0 rings (SSSR count). The molecule has 2 N–H and O–H groups in total. The molecule has 2 heteroatoms. The van der Waals surface area contributed by atoms with Crippen molar-refractivity contribution in [2.24, 2.45) is 5.73 Å². The van der Waals surface area contributed by atoms with Gasteiger partial charge in [-0.15, -0.1) is 5.92 Å². The van der Waals surface area contributed by atoms with Gasteiger partial charge in [-0.2, -0.15) is 0 Å². The van der Waals surface area contributed by atoms with E-state index in [0.29, 0.717) is 6.54 Å². The van der Waals surface area contributed by atoms with Crippen LogP contribution in [0.5, 0.6) is 0 Å². The van der Waals surface area contributed by atoms with E-state index in [1.807, 2.05) is 14.0 Å². The summed E-state index contributed by atoms with van der Waals surface area (Å²) in [5.74, 6) is 11.8. The first-order valence-electron chi connectivity index (χ1n) is 4.11. The minimum Gasteiger partial charge on any atom is -0.320 e. The molecule has 2 nitrogen and oxygen atoms in total. The molecule has 0 aromatic rings. The summed E-state index contributed by atoms with van der Waals surface area (Å²) in [6.07, 6.45) is 0.919. The minimum atomic E-state index is 0.439. The van der Waals surface area contributed by atoms with Gasteiger partial charge in [0, 0.05) is 6.42 Å². The number of hydrogen-bond acceptors (Lipinski definition) is 2. The summed E-state index contributed by atoms with van der Waals surface area (Å²) in [6, 6.07) is 0. The fraction of sp³-hybridized carbons (Fsp3) is 0.600. The van der Waals surface area contributed by atoms with Crippen molar-refractivity contribution in [2.75, 3.05) is 26.7 Å². The average Bonchev–Trinajstić information content (AvgIpc) is 2.06. The highest BCUT2D eigenvalue weighted by atomic mass is 15.1. The van der Waals surface area contributed by atoms with E-state index in [1.165, 1.54) is 0 Å². The Morgan fingerprint density at radius 3 is 2.17 bits per heavy atom. The van der Waals surface area contributed by atoms with Gasteiger partial charge in [0.2, 0.25) is 0 Å². The van der Waals surface area contributed by atoms with Gasteiger partial charge < -0.3 is 5.73 Å². The summed E-state index contributed by atoms with van der Waals surface area (Å²) in [6.45, 7) is 4.01. The van der Waals surface area contributed by atoms with Gasteiger partial charge in [-0.3, -0.25) is 4.90 Å². The predicted molar refractivity (Wildman–Crippen MR) is 52.4 cm³/mol. The van der Waals surface area contributed by atoms with Crippen molar-refractivity contribution < 1.29 is 0 Å². The minimum absolute atomic E-state index is 0.439. The molecule has 0 bridgehead atoms. The molecule has 12 heavy (non-hydrogen) atoms. The first-order valence-corrected chi connectivity index (χ1v) is 4.11. The predicted octanol–water partition coefficient (Wildman–Crippen LogP) is 0.294. The molecule has 0 aromatic heterocycles. The highest BCUT2D eigenvalue weighted by molar-refractivity contribution is 5.04. The third-order valence-electron chi connectivity index (χ3n) is 1.23. The summed E-state index contributed by atoms with van der Waals surface area (Å²) in [7, 11) is 2.00. The molecule has 0 unspecified atom stereocenters. The van der Waals surface area contributed by atoms with Gasteiger partial charge in [-0.25, -0.2) is 0 Å². The first kappa shape index (κ1) is 11.0. The SMILES string of the molecule is CCC#CCN(C)CC#CCN. The third-order valence-corrected chi connectivity index (χ3v) is 1.23. The van der Waals surface area contributed by atoms with E-state index < -0.39 is 0 Å². The lowest BCUT2D eigenvalue weighted by molar-refractivity contribution is 0.425. The van der Waals surface area contributed by atoms with E-state index >= 15 is 0 Å². The van der Waals surface area contributed by atoms with E-state index in [2.05, 4.69) is 28.6 Å². The first-order chi connectivity index (χ1) is 5.81. The molecular formula is C10H16N2. The third kappa shape index (κ3) is 7.15. The second-order valence-electron chi connectivity index (χ2n) is 2.44. The smallest absolute Gasteiger partial charge is 0.0607 e. The molecule has 0 aliphatic carbocycles. The van der Waals surface area contributed by atoms with E-state index in [9.17, 15) is 0 Å². The van der Waals surface area contributed by atoms with Crippen LogP contribution < -0.4 is 5.73 Å². The Hall–Kier alpha value is -0.960. The van der Waals surface area contributed by atoms with Crippen LogP contribution >= 0.6 is 0 Å². The van der Waals surface area contributed by atoms with Crippen LogP contribution in [0.2, 0.25) is 0 Å². The van der Waals surface area contributed by atoms with Crippen LogP contribution in [0.15, 0.2) is 0 Å². The number of nitrogens with zero attached hydrogens (tertiary/aromatic N) is 1. The second kappa shape index (κ2) is 8.14. The fourth-order valence-corrected chi connectivity index (χ4v) is 0.635. The molecule has 0 aliphatic heterocycles. The van der Waals surface area contributed by atoms with Crippen molar-refractivity contribution in [3.05, 3.63) is 0 Å². The van der Waals surface area contributed by atoms with E-state index in [1.54, 1.807) is 0 Å². The Balaban J connectivity index is 3.52. The largest absolute Gasteiger partial charge is 0.320 e. The topological polar surface area (TPSA) is 29.3 Å². The Morgan fingerprint density at radius 2 is 1.67 bits per heavy atom. The standard InChI is InChI=1S/C10H16N2/c1-3-4-6-9-12(2)10-7-5-8-11/h3,8-11H2,1-2H3. The molecule has 0 heterocycles. The number of rotatable bonds is 2. The summed E-state index contributed by atoms with van der Waals surface area (Å²) in [5.41, 5.74) is 5.22. The van der Waals surface area contributed by atoms with Crippen molar-refractivity contribution in [1.29, 1.82) is 0 Å². The molecule has 0 saturated carbocycles. The molecule has 0 aliphatic rings. The Bertz CT molecular complexity index is 187. The quantitative estimate of drug-likeness (QED) is 0.595. The number of hydrogen-bond donors (Lipinski definition) is 1. The van der Waals surface area contributed by atoms with Gasteiger partial charge in [-0.05, 0) is 7.05 Å².